The summed E-state index contributed by atoms with van der Waals surface area (Å²) >= 11 is 0. The molecule has 6 nitrogen and oxygen atoms in total. The highest BCUT2D eigenvalue weighted by molar-refractivity contribution is 5.97. The topological polar surface area (TPSA) is 55.9 Å². The van der Waals surface area contributed by atoms with E-state index in [1.807, 2.05) is 47.4 Å². The molecule has 2 aliphatic heterocycles. The minimum absolute atomic E-state index is 0.0511. The number of benzene rings is 2. The minimum Gasteiger partial charge on any atom is -0.368 e. The number of amides is 3. The summed E-state index contributed by atoms with van der Waals surface area (Å²) in [6.45, 7) is 4.41. The zero-order chi connectivity index (χ0) is 17.9. The summed E-state index contributed by atoms with van der Waals surface area (Å²) in [7, 11) is 0. The highest BCUT2D eigenvalue weighted by atomic mass is 16.2. The van der Waals surface area contributed by atoms with Crippen LogP contribution >= 0.6 is 0 Å². The highest BCUT2D eigenvalue weighted by Crippen LogP contribution is 2.20. The van der Waals surface area contributed by atoms with Crippen LogP contribution in [0.5, 0.6) is 0 Å². The van der Waals surface area contributed by atoms with Crippen molar-refractivity contribution in [2.24, 2.45) is 0 Å². The Bertz CT molecular complexity index is 783. The fourth-order valence-corrected chi connectivity index (χ4v) is 3.49. The van der Waals surface area contributed by atoms with Gasteiger partial charge in [-0.3, -0.25) is 9.69 Å². The smallest absolute Gasteiger partial charge is 0.321 e. The quantitative estimate of drug-likeness (QED) is 0.923. The number of hydrogen-bond acceptors (Lipinski definition) is 3. The number of carbonyl (C=O) groups excluding carboxylic acids is 2. The molecule has 26 heavy (non-hydrogen) atoms. The zero-order valence-corrected chi connectivity index (χ0v) is 14.6. The molecule has 0 spiro atoms. The average molecular weight is 350 g/mol. The monoisotopic (exact) mass is 350 g/mol. The Morgan fingerprint density at radius 2 is 1.50 bits per heavy atom. The van der Waals surface area contributed by atoms with E-state index >= 15 is 0 Å². The van der Waals surface area contributed by atoms with E-state index in [2.05, 4.69) is 22.3 Å². The molecule has 0 atom stereocenters. The van der Waals surface area contributed by atoms with Gasteiger partial charge in [0.25, 0.3) is 5.91 Å². The normalized spacial score (nSPS) is 17.4. The lowest BCUT2D eigenvalue weighted by Gasteiger charge is -2.36. The third-order valence-corrected chi connectivity index (χ3v) is 4.97. The van der Waals surface area contributed by atoms with Crippen LogP contribution in [-0.4, -0.2) is 56.1 Å². The van der Waals surface area contributed by atoms with Crippen molar-refractivity contribution in [2.45, 2.75) is 0 Å². The number of hydrogen-bond donors (Lipinski definition) is 1. The number of para-hydroxylation sites is 1. The lowest BCUT2D eigenvalue weighted by atomic mass is 10.1. The molecule has 1 N–H and O–H groups in total. The number of carbonyl (C=O) groups is 2. The highest BCUT2D eigenvalue weighted by Gasteiger charge is 2.24. The summed E-state index contributed by atoms with van der Waals surface area (Å²) in [5, 5.41) is 2.78. The molecule has 0 aliphatic carbocycles. The summed E-state index contributed by atoms with van der Waals surface area (Å²) < 4.78 is 0. The van der Waals surface area contributed by atoms with Crippen molar-refractivity contribution < 1.29 is 9.59 Å². The largest absolute Gasteiger partial charge is 0.368 e. The molecule has 4 rings (SSSR count). The molecular weight excluding hydrogens is 328 g/mol. The predicted molar refractivity (Wildman–Crippen MR) is 102 cm³/mol. The van der Waals surface area contributed by atoms with Gasteiger partial charge in [0.15, 0.2) is 0 Å². The SMILES string of the molecule is O=C(c1ccc(N2CCNC2=O)cc1)N1CCN(c2ccccc2)CC1. The molecule has 2 aliphatic rings. The van der Waals surface area contributed by atoms with Gasteiger partial charge in [-0.2, -0.15) is 0 Å². The Balaban J connectivity index is 1.38. The maximum absolute atomic E-state index is 12.8. The maximum Gasteiger partial charge on any atom is 0.321 e. The Labute approximate surface area is 153 Å². The van der Waals surface area contributed by atoms with Crippen molar-refractivity contribution in [3.63, 3.8) is 0 Å². The fourth-order valence-electron chi connectivity index (χ4n) is 3.49. The molecule has 2 saturated heterocycles. The Kier molecular flexibility index (Phi) is 4.48. The molecule has 134 valence electrons. The van der Waals surface area contributed by atoms with E-state index in [0.29, 0.717) is 31.7 Å². The number of anilines is 2. The van der Waals surface area contributed by atoms with Gasteiger partial charge in [0.2, 0.25) is 0 Å². The third kappa shape index (κ3) is 3.22. The summed E-state index contributed by atoms with van der Waals surface area (Å²) in [5.74, 6) is 0.0511. The van der Waals surface area contributed by atoms with Gasteiger partial charge in [0.1, 0.15) is 0 Å². The van der Waals surface area contributed by atoms with Gasteiger partial charge in [-0.15, -0.1) is 0 Å². The van der Waals surface area contributed by atoms with Crippen molar-refractivity contribution in [1.82, 2.24) is 10.2 Å². The van der Waals surface area contributed by atoms with E-state index in [1.54, 1.807) is 4.90 Å². The number of urea groups is 1. The number of nitrogens with zero attached hydrogens (tertiary/aromatic N) is 3. The van der Waals surface area contributed by atoms with E-state index in [4.69, 9.17) is 0 Å². The molecule has 2 aromatic carbocycles. The molecule has 0 saturated carbocycles. The molecule has 2 aromatic rings. The van der Waals surface area contributed by atoms with Crippen molar-refractivity contribution in [2.75, 3.05) is 49.1 Å². The van der Waals surface area contributed by atoms with E-state index in [0.717, 1.165) is 18.8 Å². The van der Waals surface area contributed by atoms with E-state index in [-0.39, 0.29) is 11.9 Å². The van der Waals surface area contributed by atoms with Gasteiger partial charge in [-0.1, -0.05) is 18.2 Å². The number of nitrogens with one attached hydrogen (secondary N) is 1. The molecule has 0 bridgehead atoms. The lowest BCUT2D eigenvalue weighted by Crippen LogP contribution is -2.48. The van der Waals surface area contributed by atoms with Gasteiger partial charge >= 0.3 is 6.03 Å². The number of rotatable bonds is 3. The maximum atomic E-state index is 12.8. The first kappa shape index (κ1) is 16.4. The van der Waals surface area contributed by atoms with Crippen LogP contribution in [0.2, 0.25) is 0 Å². The third-order valence-electron chi connectivity index (χ3n) is 4.97. The predicted octanol–water partition coefficient (Wildman–Crippen LogP) is 2.18. The molecule has 3 amide bonds. The Hall–Kier alpha value is -3.02. The van der Waals surface area contributed by atoms with Crippen molar-refractivity contribution in [1.29, 1.82) is 0 Å². The van der Waals surface area contributed by atoms with Gasteiger partial charge < -0.3 is 15.1 Å². The Morgan fingerprint density at radius 1 is 0.808 bits per heavy atom. The second-order valence-electron chi connectivity index (χ2n) is 6.55. The van der Waals surface area contributed by atoms with Crippen LogP contribution in [0.4, 0.5) is 16.2 Å². The lowest BCUT2D eigenvalue weighted by molar-refractivity contribution is 0.0747. The summed E-state index contributed by atoms with van der Waals surface area (Å²) in [5.41, 5.74) is 2.69. The van der Waals surface area contributed by atoms with E-state index < -0.39 is 0 Å². The van der Waals surface area contributed by atoms with Gasteiger partial charge in [0, 0.05) is 56.2 Å². The molecule has 2 heterocycles. The van der Waals surface area contributed by atoms with Crippen LogP contribution in [-0.2, 0) is 0 Å². The van der Waals surface area contributed by atoms with Crippen molar-refractivity contribution >= 4 is 23.3 Å². The van der Waals surface area contributed by atoms with Crippen LogP contribution in [0.15, 0.2) is 54.6 Å². The fraction of sp³-hybridized carbons (Fsp3) is 0.300. The first-order valence-electron chi connectivity index (χ1n) is 8.97. The van der Waals surface area contributed by atoms with Crippen molar-refractivity contribution in [3.05, 3.63) is 60.2 Å². The molecule has 0 radical (unpaired) electrons. The van der Waals surface area contributed by atoms with Crippen LogP contribution in [0, 0.1) is 0 Å². The first-order valence-corrected chi connectivity index (χ1v) is 8.97. The molecule has 0 unspecified atom stereocenters. The van der Waals surface area contributed by atoms with Crippen molar-refractivity contribution in [3.8, 4) is 0 Å². The average Bonchev–Trinajstić information content (AvgIpc) is 3.14. The standard InChI is InChI=1S/C20H22N4O2/c25-19(16-6-8-18(9-7-16)24-11-10-21-20(24)26)23-14-12-22(13-15-23)17-4-2-1-3-5-17/h1-9H,10-15H2,(H,21,26). The minimum atomic E-state index is -0.0823. The Morgan fingerprint density at radius 3 is 2.12 bits per heavy atom. The van der Waals surface area contributed by atoms with E-state index in [9.17, 15) is 9.59 Å². The van der Waals surface area contributed by atoms with Crippen LogP contribution in [0.3, 0.4) is 0 Å². The summed E-state index contributed by atoms with van der Waals surface area (Å²) in [6, 6.07) is 17.5. The van der Waals surface area contributed by atoms with Gasteiger partial charge in [0.05, 0.1) is 0 Å². The van der Waals surface area contributed by atoms with Crippen LogP contribution < -0.4 is 15.1 Å². The second kappa shape index (κ2) is 7.07. The van der Waals surface area contributed by atoms with E-state index in [1.165, 1.54) is 5.69 Å². The van der Waals surface area contributed by atoms with Crippen LogP contribution in [0.1, 0.15) is 10.4 Å². The molecular formula is C20H22N4O2. The molecule has 2 fully saturated rings. The first-order chi connectivity index (χ1) is 12.7. The van der Waals surface area contributed by atoms with Gasteiger partial charge in [-0.05, 0) is 36.4 Å². The number of piperazine rings is 1. The van der Waals surface area contributed by atoms with Crippen LogP contribution in [0.25, 0.3) is 0 Å². The molecule has 0 aromatic heterocycles. The molecule has 6 heteroatoms. The summed E-state index contributed by atoms with van der Waals surface area (Å²) in [4.78, 5) is 30.4. The summed E-state index contributed by atoms with van der Waals surface area (Å²) in [6.07, 6.45) is 0. The zero-order valence-electron chi connectivity index (χ0n) is 14.6. The second-order valence-corrected chi connectivity index (χ2v) is 6.55. The van der Waals surface area contributed by atoms with Gasteiger partial charge in [-0.25, -0.2) is 4.79 Å².